The molecule has 0 aliphatic heterocycles. The molecule has 0 atom stereocenters. The van der Waals surface area contributed by atoms with Crippen LogP contribution in [0, 0.1) is 0 Å². The number of benzene rings is 1. The van der Waals surface area contributed by atoms with Crippen molar-refractivity contribution < 1.29 is 9.53 Å². The van der Waals surface area contributed by atoms with Gasteiger partial charge in [0.15, 0.2) is 0 Å². The first-order valence-corrected chi connectivity index (χ1v) is 6.93. The van der Waals surface area contributed by atoms with E-state index in [1.807, 2.05) is 51.2 Å². The van der Waals surface area contributed by atoms with Crippen molar-refractivity contribution in [2.24, 2.45) is 0 Å². The largest absolute Gasteiger partial charge is 0.443 e. The maximum atomic E-state index is 12.1. The van der Waals surface area contributed by atoms with Crippen LogP contribution in [0.15, 0.2) is 30.5 Å². The third-order valence-corrected chi connectivity index (χ3v) is 3.13. The minimum atomic E-state index is -0.489. The Morgan fingerprint density at radius 3 is 2.61 bits per heavy atom. The summed E-state index contributed by atoms with van der Waals surface area (Å²) in [6, 6.07) is 7.81. The van der Waals surface area contributed by atoms with Gasteiger partial charge < -0.3 is 4.74 Å². The lowest BCUT2D eigenvalue weighted by Gasteiger charge is -2.19. The molecule has 96 valence electrons. The van der Waals surface area contributed by atoms with E-state index in [0.717, 1.165) is 16.5 Å². The van der Waals surface area contributed by atoms with Gasteiger partial charge in [-0.15, -0.1) is 0 Å². The standard InChI is InChI=1S/C14H16BrNO2/c1-14(2,3)18-13(17)16-9-10(8-15)11-6-4-5-7-12(11)16/h4-7,9H,8H2,1-3H3. The molecule has 0 fully saturated rings. The lowest BCUT2D eigenvalue weighted by atomic mass is 10.2. The predicted octanol–water partition coefficient (Wildman–Crippen LogP) is 4.32. The van der Waals surface area contributed by atoms with Crippen molar-refractivity contribution in [3.05, 3.63) is 36.0 Å². The molecule has 1 aromatic heterocycles. The summed E-state index contributed by atoms with van der Waals surface area (Å²) < 4.78 is 6.97. The third kappa shape index (κ3) is 2.58. The summed E-state index contributed by atoms with van der Waals surface area (Å²) in [6.07, 6.45) is 1.49. The van der Waals surface area contributed by atoms with Gasteiger partial charge >= 0.3 is 6.09 Å². The Morgan fingerprint density at radius 1 is 1.33 bits per heavy atom. The van der Waals surface area contributed by atoms with Crippen LogP contribution < -0.4 is 0 Å². The number of alkyl halides is 1. The molecular weight excluding hydrogens is 294 g/mol. The second-order valence-electron chi connectivity index (χ2n) is 5.16. The lowest BCUT2D eigenvalue weighted by molar-refractivity contribution is 0.0544. The van der Waals surface area contributed by atoms with E-state index < -0.39 is 5.60 Å². The van der Waals surface area contributed by atoms with Crippen LogP contribution in [-0.2, 0) is 10.1 Å². The van der Waals surface area contributed by atoms with E-state index in [4.69, 9.17) is 4.74 Å². The van der Waals surface area contributed by atoms with Gasteiger partial charge in [-0.1, -0.05) is 34.1 Å². The third-order valence-electron chi connectivity index (χ3n) is 2.53. The predicted molar refractivity (Wildman–Crippen MR) is 76.2 cm³/mol. The molecule has 2 aromatic rings. The normalized spacial score (nSPS) is 11.8. The average molecular weight is 310 g/mol. The molecule has 0 saturated carbocycles. The van der Waals surface area contributed by atoms with Gasteiger partial charge in [-0.05, 0) is 32.4 Å². The average Bonchev–Trinajstić information content (AvgIpc) is 2.65. The Labute approximate surface area is 115 Å². The molecule has 0 spiro atoms. The molecule has 0 aliphatic rings. The number of hydrogen-bond acceptors (Lipinski definition) is 2. The van der Waals surface area contributed by atoms with Crippen molar-refractivity contribution in [2.75, 3.05) is 0 Å². The van der Waals surface area contributed by atoms with E-state index in [-0.39, 0.29) is 6.09 Å². The summed E-state index contributed by atoms with van der Waals surface area (Å²) >= 11 is 3.44. The van der Waals surface area contributed by atoms with Crippen molar-refractivity contribution >= 4 is 32.9 Å². The van der Waals surface area contributed by atoms with E-state index in [9.17, 15) is 4.79 Å². The van der Waals surface area contributed by atoms with Crippen molar-refractivity contribution in [1.82, 2.24) is 4.57 Å². The maximum Gasteiger partial charge on any atom is 0.419 e. The van der Waals surface area contributed by atoms with Crippen LogP contribution >= 0.6 is 15.9 Å². The van der Waals surface area contributed by atoms with E-state index >= 15 is 0 Å². The highest BCUT2D eigenvalue weighted by molar-refractivity contribution is 9.08. The molecule has 2 rings (SSSR count). The minimum absolute atomic E-state index is 0.342. The van der Waals surface area contributed by atoms with Crippen LogP contribution in [0.1, 0.15) is 26.3 Å². The van der Waals surface area contributed by atoms with Gasteiger partial charge in [0.05, 0.1) is 5.52 Å². The summed E-state index contributed by atoms with van der Waals surface area (Å²) in [6.45, 7) is 5.59. The quantitative estimate of drug-likeness (QED) is 0.735. The van der Waals surface area contributed by atoms with Gasteiger partial charge in [-0.25, -0.2) is 4.79 Å². The first-order valence-electron chi connectivity index (χ1n) is 5.80. The fraction of sp³-hybridized carbons (Fsp3) is 0.357. The van der Waals surface area contributed by atoms with Crippen LogP contribution in [-0.4, -0.2) is 16.3 Å². The first kappa shape index (κ1) is 13.1. The van der Waals surface area contributed by atoms with Gasteiger partial charge in [-0.2, -0.15) is 0 Å². The highest BCUT2D eigenvalue weighted by Gasteiger charge is 2.20. The van der Waals surface area contributed by atoms with Gasteiger partial charge in [0, 0.05) is 16.9 Å². The second-order valence-corrected chi connectivity index (χ2v) is 5.72. The zero-order chi connectivity index (χ0) is 13.3. The summed E-state index contributed by atoms with van der Waals surface area (Å²) in [4.78, 5) is 12.1. The molecule has 0 bridgehead atoms. The Balaban J connectivity index is 2.48. The van der Waals surface area contributed by atoms with Crippen LogP contribution in [0.4, 0.5) is 4.79 Å². The molecule has 0 saturated heterocycles. The van der Waals surface area contributed by atoms with Crippen molar-refractivity contribution in [1.29, 1.82) is 0 Å². The van der Waals surface area contributed by atoms with Gasteiger partial charge in [0.2, 0.25) is 0 Å². The van der Waals surface area contributed by atoms with Crippen LogP contribution in [0.3, 0.4) is 0 Å². The number of rotatable bonds is 1. The molecule has 0 N–H and O–H groups in total. The molecule has 0 aliphatic carbocycles. The van der Waals surface area contributed by atoms with Crippen molar-refractivity contribution in [3.8, 4) is 0 Å². The Kier molecular flexibility index (Phi) is 3.48. The van der Waals surface area contributed by atoms with E-state index in [0.29, 0.717) is 5.33 Å². The fourth-order valence-electron chi connectivity index (χ4n) is 1.82. The molecule has 1 heterocycles. The van der Waals surface area contributed by atoms with E-state index in [1.54, 1.807) is 4.57 Å². The van der Waals surface area contributed by atoms with Gasteiger partial charge in [-0.3, -0.25) is 4.57 Å². The molecular formula is C14H16BrNO2. The Bertz CT molecular complexity index is 581. The van der Waals surface area contributed by atoms with Crippen LogP contribution in [0.5, 0.6) is 0 Å². The Hall–Kier alpha value is -1.29. The number of nitrogens with zero attached hydrogens (tertiary/aromatic N) is 1. The number of aromatic nitrogens is 1. The van der Waals surface area contributed by atoms with Gasteiger partial charge in [0.25, 0.3) is 0 Å². The highest BCUT2D eigenvalue weighted by atomic mass is 79.9. The number of halogens is 1. The van der Waals surface area contributed by atoms with E-state index in [2.05, 4.69) is 15.9 Å². The molecule has 18 heavy (non-hydrogen) atoms. The highest BCUT2D eigenvalue weighted by Crippen LogP contribution is 2.24. The number of ether oxygens (including phenoxy) is 1. The number of carbonyl (C=O) groups is 1. The zero-order valence-corrected chi connectivity index (χ0v) is 12.3. The summed E-state index contributed by atoms with van der Waals surface area (Å²) in [5.41, 5.74) is 1.47. The molecule has 0 radical (unpaired) electrons. The fourth-order valence-corrected chi connectivity index (χ4v) is 2.27. The first-order chi connectivity index (χ1) is 8.42. The summed E-state index contributed by atoms with van der Waals surface area (Å²) in [5.74, 6) is 0. The molecule has 0 unspecified atom stereocenters. The minimum Gasteiger partial charge on any atom is -0.443 e. The topological polar surface area (TPSA) is 31.2 Å². The molecule has 1 aromatic carbocycles. The van der Waals surface area contributed by atoms with Crippen LogP contribution in [0.2, 0.25) is 0 Å². The summed E-state index contributed by atoms with van der Waals surface area (Å²) in [5, 5.41) is 1.78. The maximum absolute atomic E-state index is 12.1. The van der Waals surface area contributed by atoms with Crippen LogP contribution in [0.25, 0.3) is 10.9 Å². The number of hydrogen-bond donors (Lipinski definition) is 0. The monoisotopic (exact) mass is 309 g/mol. The lowest BCUT2D eigenvalue weighted by Crippen LogP contribution is -2.26. The molecule has 4 heteroatoms. The second kappa shape index (κ2) is 4.76. The smallest absolute Gasteiger partial charge is 0.419 e. The number of carbonyl (C=O) groups excluding carboxylic acids is 1. The SMILES string of the molecule is CC(C)(C)OC(=O)n1cc(CBr)c2ccccc21. The number of para-hydroxylation sites is 1. The molecule has 0 amide bonds. The van der Waals surface area contributed by atoms with Crippen molar-refractivity contribution in [3.63, 3.8) is 0 Å². The van der Waals surface area contributed by atoms with Crippen molar-refractivity contribution in [2.45, 2.75) is 31.7 Å². The zero-order valence-electron chi connectivity index (χ0n) is 10.7. The number of fused-ring (bicyclic) bond motifs is 1. The van der Waals surface area contributed by atoms with Gasteiger partial charge in [0.1, 0.15) is 5.60 Å². The molecule has 3 nitrogen and oxygen atoms in total. The van der Waals surface area contributed by atoms with E-state index in [1.165, 1.54) is 0 Å². The summed E-state index contributed by atoms with van der Waals surface area (Å²) in [7, 11) is 0. The Morgan fingerprint density at radius 2 is 2.00 bits per heavy atom.